The first-order valence-corrected chi connectivity index (χ1v) is 7.48. The SMILES string of the molecule is COP(=O)(Oc1cccs1)c1cccs1. The van der Waals surface area contributed by atoms with Crippen molar-refractivity contribution < 1.29 is 13.6 Å². The first kappa shape index (κ1) is 10.9. The third-order valence-electron chi connectivity index (χ3n) is 1.72. The van der Waals surface area contributed by atoms with Gasteiger partial charge in [-0.3, -0.25) is 4.52 Å². The summed E-state index contributed by atoms with van der Waals surface area (Å²) in [5.41, 5.74) is 0. The normalized spacial score (nSPS) is 14.7. The van der Waals surface area contributed by atoms with E-state index in [9.17, 15) is 4.57 Å². The summed E-state index contributed by atoms with van der Waals surface area (Å²) in [5, 5.41) is 4.32. The zero-order valence-electron chi connectivity index (χ0n) is 7.95. The van der Waals surface area contributed by atoms with E-state index in [-0.39, 0.29) is 0 Å². The second-order valence-electron chi connectivity index (χ2n) is 2.65. The van der Waals surface area contributed by atoms with Crippen molar-refractivity contribution in [1.29, 1.82) is 0 Å². The summed E-state index contributed by atoms with van der Waals surface area (Å²) >= 11 is 2.76. The van der Waals surface area contributed by atoms with Crippen LogP contribution in [0.1, 0.15) is 0 Å². The predicted molar refractivity (Wildman–Crippen MR) is 63.5 cm³/mol. The van der Waals surface area contributed by atoms with Crippen LogP contribution in [0.25, 0.3) is 0 Å². The molecule has 0 spiro atoms. The Morgan fingerprint density at radius 1 is 1.20 bits per heavy atom. The third-order valence-corrected chi connectivity index (χ3v) is 5.85. The fourth-order valence-corrected chi connectivity index (χ4v) is 4.35. The van der Waals surface area contributed by atoms with E-state index in [4.69, 9.17) is 9.05 Å². The smallest absolute Gasteiger partial charge is 0.410 e. The minimum atomic E-state index is -3.16. The lowest BCUT2D eigenvalue weighted by Crippen LogP contribution is -2.06. The van der Waals surface area contributed by atoms with Crippen LogP contribution in [-0.2, 0) is 9.09 Å². The largest absolute Gasteiger partial charge is 0.421 e. The van der Waals surface area contributed by atoms with Crippen molar-refractivity contribution in [2.45, 2.75) is 0 Å². The van der Waals surface area contributed by atoms with Crippen LogP contribution in [0.4, 0.5) is 0 Å². The first-order chi connectivity index (χ1) is 7.24. The molecule has 0 fully saturated rings. The number of rotatable bonds is 4. The van der Waals surface area contributed by atoms with Crippen molar-refractivity contribution in [1.82, 2.24) is 0 Å². The molecule has 0 saturated carbocycles. The molecule has 0 radical (unpaired) electrons. The lowest BCUT2D eigenvalue weighted by molar-refractivity contribution is 0.337. The molecule has 2 aromatic rings. The Labute approximate surface area is 95.8 Å². The van der Waals surface area contributed by atoms with E-state index in [0.717, 1.165) is 0 Å². The van der Waals surface area contributed by atoms with E-state index in [1.807, 2.05) is 22.9 Å². The van der Waals surface area contributed by atoms with Crippen molar-refractivity contribution in [3.63, 3.8) is 0 Å². The van der Waals surface area contributed by atoms with Gasteiger partial charge in [0, 0.05) is 7.11 Å². The molecule has 15 heavy (non-hydrogen) atoms. The van der Waals surface area contributed by atoms with Crippen LogP contribution in [-0.4, -0.2) is 7.11 Å². The van der Waals surface area contributed by atoms with Gasteiger partial charge >= 0.3 is 7.60 Å². The maximum Gasteiger partial charge on any atom is 0.421 e. The van der Waals surface area contributed by atoms with E-state index in [1.54, 1.807) is 12.1 Å². The second-order valence-corrected chi connectivity index (χ2v) is 6.84. The van der Waals surface area contributed by atoms with Crippen molar-refractivity contribution in [2.75, 3.05) is 7.11 Å². The summed E-state index contributed by atoms with van der Waals surface area (Å²) in [6, 6.07) is 7.18. The molecule has 0 amide bonds. The Balaban J connectivity index is 2.27. The van der Waals surface area contributed by atoms with Crippen LogP contribution in [0, 0.1) is 0 Å². The van der Waals surface area contributed by atoms with Gasteiger partial charge in [-0.2, -0.15) is 0 Å². The highest BCUT2D eigenvalue weighted by Gasteiger charge is 2.29. The number of hydrogen-bond acceptors (Lipinski definition) is 5. The van der Waals surface area contributed by atoms with E-state index < -0.39 is 7.60 Å². The molecule has 1 unspecified atom stereocenters. The highest BCUT2D eigenvalue weighted by Crippen LogP contribution is 2.48. The summed E-state index contributed by atoms with van der Waals surface area (Å²) in [7, 11) is -1.77. The maximum absolute atomic E-state index is 12.3. The zero-order chi connectivity index (χ0) is 10.7. The van der Waals surface area contributed by atoms with E-state index >= 15 is 0 Å². The van der Waals surface area contributed by atoms with Crippen molar-refractivity contribution >= 4 is 34.9 Å². The van der Waals surface area contributed by atoms with E-state index in [2.05, 4.69) is 0 Å². The fraction of sp³-hybridized carbons (Fsp3) is 0.111. The lowest BCUT2D eigenvalue weighted by Gasteiger charge is -2.13. The molecule has 0 saturated heterocycles. The van der Waals surface area contributed by atoms with Gasteiger partial charge in [0.1, 0.15) is 4.62 Å². The molecule has 2 aromatic heterocycles. The summed E-state index contributed by atoms with van der Waals surface area (Å²) in [4.78, 5) is 0. The highest BCUT2D eigenvalue weighted by atomic mass is 32.1. The molecule has 3 nitrogen and oxygen atoms in total. The maximum atomic E-state index is 12.3. The van der Waals surface area contributed by atoms with Crippen LogP contribution in [0.5, 0.6) is 5.06 Å². The Morgan fingerprint density at radius 3 is 2.47 bits per heavy atom. The molecule has 0 aromatic carbocycles. The molecule has 0 N–H and O–H groups in total. The monoisotopic (exact) mass is 260 g/mol. The van der Waals surface area contributed by atoms with Gasteiger partial charge in [-0.25, -0.2) is 4.57 Å². The van der Waals surface area contributed by atoms with Crippen molar-refractivity contribution in [2.24, 2.45) is 0 Å². The molecule has 0 bridgehead atoms. The Morgan fingerprint density at radius 2 is 1.93 bits per heavy atom. The van der Waals surface area contributed by atoms with Gasteiger partial charge in [-0.15, -0.1) is 22.7 Å². The minimum Gasteiger partial charge on any atom is -0.410 e. The zero-order valence-corrected chi connectivity index (χ0v) is 10.5. The van der Waals surface area contributed by atoms with Crippen LogP contribution in [0.15, 0.2) is 35.0 Å². The predicted octanol–water partition coefficient (Wildman–Crippen LogP) is 3.35. The average molecular weight is 260 g/mol. The van der Waals surface area contributed by atoms with Gasteiger partial charge in [0.05, 0.1) is 0 Å². The van der Waals surface area contributed by atoms with Gasteiger partial charge in [-0.1, -0.05) is 6.07 Å². The summed E-state index contributed by atoms with van der Waals surface area (Å²) in [6.45, 7) is 0. The molecule has 0 aliphatic heterocycles. The molecule has 6 heteroatoms. The molecular formula is C9H9O3PS2. The molecule has 2 rings (SSSR count). The van der Waals surface area contributed by atoms with Gasteiger partial charge in [0.15, 0.2) is 5.06 Å². The molecular weight excluding hydrogens is 251 g/mol. The van der Waals surface area contributed by atoms with Crippen LogP contribution in [0.2, 0.25) is 0 Å². The topological polar surface area (TPSA) is 35.5 Å². The molecule has 0 aliphatic rings. The fourth-order valence-electron chi connectivity index (χ4n) is 1.03. The van der Waals surface area contributed by atoms with E-state index in [0.29, 0.717) is 9.68 Å². The average Bonchev–Trinajstić information content (AvgIpc) is 2.89. The standard InChI is InChI=1S/C9H9O3PS2/c1-11-13(10,9-5-3-7-15-9)12-8-4-2-6-14-8/h2-7H,1H3. The Hall–Kier alpha value is -0.610. The molecule has 2 heterocycles. The second kappa shape index (κ2) is 4.49. The Bertz CT molecular complexity index is 450. The van der Waals surface area contributed by atoms with Gasteiger partial charge in [0.25, 0.3) is 0 Å². The quantitative estimate of drug-likeness (QED) is 0.791. The van der Waals surface area contributed by atoms with Crippen molar-refractivity contribution in [3.05, 3.63) is 35.0 Å². The lowest BCUT2D eigenvalue weighted by atomic mass is 10.7. The van der Waals surface area contributed by atoms with Crippen molar-refractivity contribution in [3.8, 4) is 5.06 Å². The van der Waals surface area contributed by atoms with E-state index in [1.165, 1.54) is 29.8 Å². The van der Waals surface area contributed by atoms with Crippen LogP contribution >= 0.6 is 30.3 Å². The Kier molecular flexibility index (Phi) is 3.26. The third kappa shape index (κ3) is 2.32. The van der Waals surface area contributed by atoms with Crippen LogP contribution in [0.3, 0.4) is 0 Å². The van der Waals surface area contributed by atoms with Gasteiger partial charge < -0.3 is 4.52 Å². The molecule has 80 valence electrons. The molecule has 0 aliphatic carbocycles. The summed E-state index contributed by atoms with van der Waals surface area (Å²) < 4.78 is 23.3. The number of hydrogen-bond donors (Lipinski definition) is 0. The summed E-state index contributed by atoms with van der Waals surface area (Å²) in [5.74, 6) is 0. The highest BCUT2D eigenvalue weighted by molar-refractivity contribution is 7.69. The van der Waals surface area contributed by atoms with Crippen LogP contribution < -0.4 is 9.14 Å². The van der Waals surface area contributed by atoms with Gasteiger partial charge in [-0.05, 0) is 29.0 Å². The first-order valence-electron chi connectivity index (χ1n) is 4.17. The number of thiophene rings is 2. The molecule has 1 atom stereocenters. The minimum absolute atomic E-state index is 0.605. The summed E-state index contributed by atoms with van der Waals surface area (Å²) in [6.07, 6.45) is 0. The van der Waals surface area contributed by atoms with Gasteiger partial charge in [0.2, 0.25) is 0 Å².